The molecule has 1 fully saturated rings. The fourth-order valence-corrected chi connectivity index (χ4v) is 2.95. The van der Waals surface area contributed by atoms with Gasteiger partial charge in [-0.2, -0.15) is 0 Å². The maximum Gasteiger partial charge on any atom is 0.414 e. The lowest BCUT2D eigenvalue weighted by Crippen LogP contribution is -2.33. The molecule has 0 aliphatic carbocycles. The lowest BCUT2D eigenvalue weighted by atomic mass is 10.1. The van der Waals surface area contributed by atoms with E-state index in [0.29, 0.717) is 22.5 Å². The minimum atomic E-state index is -0.594. The quantitative estimate of drug-likeness (QED) is 0.825. The molecule has 2 N–H and O–H groups in total. The number of anilines is 2. The summed E-state index contributed by atoms with van der Waals surface area (Å²) in [7, 11) is 1.64. The van der Waals surface area contributed by atoms with Crippen LogP contribution in [0.15, 0.2) is 47.3 Å². The van der Waals surface area contributed by atoms with Crippen LogP contribution in [0.2, 0.25) is 0 Å². The number of nitrogens with zero attached hydrogens (tertiary/aromatic N) is 1. The Morgan fingerprint density at radius 2 is 1.96 bits per heavy atom. The topological polar surface area (TPSA) is 87.7 Å². The lowest BCUT2D eigenvalue weighted by molar-refractivity contribution is -0.119. The van der Waals surface area contributed by atoms with Gasteiger partial charge in [0.1, 0.15) is 11.9 Å². The van der Waals surface area contributed by atoms with Crippen molar-refractivity contribution in [3.8, 4) is 11.1 Å². The van der Waals surface area contributed by atoms with E-state index in [0.717, 1.165) is 0 Å². The molecule has 0 aromatic heterocycles. The van der Waals surface area contributed by atoms with E-state index in [1.54, 1.807) is 37.4 Å². The number of hydrogen-bond donors (Lipinski definition) is 2. The van der Waals surface area contributed by atoms with Crippen molar-refractivity contribution in [1.29, 1.82) is 0 Å². The van der Waals surface area contributed by atoms with E-state index in [1.807, 2.05) is 0 Å². The summed E-state index contributed by atoms with van der Waals surface area (Å²) in [6, 6.07) is 10.6. The summed E-state index contributed by atoms with van der Waals surface area (Å²) in [4.78, 5) is 36.3. The summed E-state index contributed by atoms with van der Waals surface area (Å²) in [5.41, 5.74) is 1.42. The van der Waals surface area contributed by atoms with Crippen molar-refractivity contribution in [2.45, 2.75) is 13.0 Å². The van der Waals surface area contributed by atoms with Crippen LogP contribution in [-0.2, 0) is 9.53 Å². The van der Waals surface area contributed by atoms with Crippen LogP contribution in [0.1, 0.15) is 6.92 Å². The zero-order valence-electron chi connectivity index (χ0n) is 15.5. The van der Waals surface area contributed by atoms with Crippen molar-refractivity contribution in [3.63, 3.8) is 0 Å². The van der Waals surface area contributed by atoms with E-state index in [9.17, 15) is 18.8 Å². The molecule has 2 amide bonds. The Bertz CT molecular complexity index is 980. The maximum absolute atomic E-state index is 14.7. The highest BCUT2D eigenvalue weighted by Gasteiger charge is 2.32. The smallest absolute Gasteiger partial charge is 0.414 e. The number of rotatable bonds is 5. The minimum absolute atomic E-state index is 0.198. The van der Waals surface area contributed by atoms with Gasteiger partial charge in [0.25, 0.3) is 0 Å². The van der Waals surface area contributed by atoms with Crippen molar-refractivity contribution in [2.75, 3.05) is 30.4 Å². The SMILES string of the molecule is CNc1ccc(-c2ccc(N3CC(CNC(C)=O)OC3=O)cc2F)ccc1=O. The summed E-state index contributed by atoms with van der Waals surface area (Å²) in [6.07, 6.45) is -1.09. The largest absolute Gasteiger partial charge is 0.442 e. The zero-order chi connectivity index (χ0) is 20.3. The van der Waals surface area contributed by atoms with Crippen LogP contribution in [0.3, 0.4) is 0 Å². The summed E-state index contributed by atoms with van der Waals surface area (Å²) >= 11 is 0. The van der Waals surface area contributed by atoms with E-state index in [4.69, 9.17) is 4.74 Å². The first kappa shape index (κ1) is 19.3. The number of amides is 2. The van der Waals surface area contributed by atoms with Gasteiger partial charge in [0.2, 0.25) is 11.3 Å². The summed E-state index contributed by atoms with van der Waals surface area (Å²) in [5, 5.41) is 5.38. The highest BCUT2D eigenvalue weighted by Crippen LogP contribution is 2.28. The second-order valence-electron chi connectivity index (χ2n) is 6.37. The number of nitrogens with one attached hydrogen (secondary N) is 2. The molecule has 0 radical (unpaired) electrons. The van der Waals surface area contributed by atoms with Crippen LogP contribution in [0.4, 0.5) is 20.6 Å². The van der Waals surface area contributed by atoms with Crippen molar-refractivity contribution in [1.82, 2.24) is 5.32 Å². The summed E-state index contributed by atoms with van der Waals surface area (Å²) < 4.78 is 19.9. The molecule has 146 valence electrons. The van der Waals surface area contributed by atoms with E-state index in [-0.39, 0.29) is 24.4 Å². The van der Waals surface area contributed by atoms with Crippen molar-refractivity contribution >= 4 is 23.4 Å². The molecule has 1 heterocycles. The van der Waals surface area contributed by atoms with Gasteiger partial charge in [-0.3, -0.25) is 14.5 Å². The Hall–Kier alpha value is -3.42. The zero-order valence-corrected chi connectivity index (χ0v) is 15.5. The van der Waals surface area contributed by atoms with Crippen LogP contribution in [0.25, 0.3) is 11.1 Å². The average molecular weight is 385 g/mol. The monoisotopic (exact) mass is 385 g/mol. The first-order valence-electron chi connectivity index (χ1n) is 8.73. The molecule has 1 unspecified atom stereocenters. The Kier molecular flexibility index (Phi) is 5.58. The van der Waals surface area contributed by atoms with Gasteiger partial charge < -0.3 is 15.4 Å². The summed E-state index contributed by atoms with van der Waals surface area (Å²) in [5.74, 6) is -0.746. The molecule has 8 heteroatoms. The second-order valence-corrected chi connectivity index (χ2v) is 6.37. The Morgan fingerprint density at radius 3 is 2.64 bits per heavy atom. The molecule has 0 bridgehead atoms. The van der Waals surface area contributed by atoms with Crippen molar-refractivity contribution in [3.05, 3.63) is 58.5 Å². The summed E-state index contributed by atoms with van der Waals surface area (Å²) in [6.45, 7) is 1.79. The highest BCUT2D eigenvalue weighted by atomic mass is 19.1. The standard InChI is InChI=1S/C20H20FN3O4/c1-12(25)23-10-15-11-24(20(27)28-15)14-5-6-16(17(21)9-14)13-3-7-18(22-2)19(26)8-4-13/h3-9,15H,10-11H2,1-2H3,(H,22,26)(H,23,25). The molecule has 7 nitrogen and oxygen atoms in total. The highest BCUT2D eigenvalue weighted by molar-refractivity contribution is 5.90. The van der Waals surface area contributed by atoms with Crippen LogP contribution in [0.5, 0.6) is 0 Å². The predicted molar refractivity (Wildman–Crippen MR) is 104 cm³/mol. The third-order valence-electron chi connectivity index (χ3n) is 4.41. The maximum atomic E-state index is 14.7. The molecule has 2 aromatic carbocycles. The number of halogens is 1. The molecule has 1 aliphatic rings. The van der Waals surface area contributed by atoms with E-state index >= 15 is 0 Å². The first-order chi connectivity index (χ1) is 13.4. The number of cyclic esters (lactones) is 1. The van der Waals surface area contributed by atoms with Gasteiger partial charge in [-0.1, -0.05) is 12.1 Å². The molecule has 28 heavy (non-hydrogen) atoms. The van der Waals surface area contributed by atoms with Crippen molar-refractivity contribution < 1.29 is 18.7 Å². The van der Waals surface area contributed by atoms with Gasteiger partial charge in [0.05, 0.1) is 24.5 Å². The Balaban J connectivity index is 1.83. The fraction of sp³-hybridized carbons (Fsp3) is 0.250. The molecule has 0 spiro atoms. The van der Waals surface area contributed by atoms with Crippen molar-refractivity contribution in [2.24, 2.45) is 0 Å². The number of carbonyl (C=O) groups is 2. The van der Waals surface area contributed by atoms with E-state index in [1.165, 1.54) is 24.0 Å². The average Bonchev–Trinajstić information content (AvgIpc) is 2.93. The molecule has 1 aliphatic heterocycles. The van der Waals surface area contributed by atoms with Gasteiger partial charge in [0, 0.05) is 19.5 Å². The molecular formula is C20H20FN3O4. The Labute approximate surface area is 161 Å². The third kappa shape index (κ3) is 4.11. The predicted octanol–water partition coefficient (Wildman–Crippen LogP) is 2.36. The van der Waals surface area contributed by atoms with E-state index in [2.05, 4.69) is 10.6 Å². The fourth-order valence-electron chi connectivity index (χ4n) is 2.95. The second kappa shape index (κ2) is 8.08. The Morgan fingerprint density at radius 1 is 1.21 bits per heavy atom. The van der Waals surface area contributed by atoms with Crippen LogP contribution in [-0.4, -0.2) is 38.2 Å². The number of ether oxygens (including phenoxy) is 1. The van der Waals surface area contributed by atoms with Gasteiger partial charge >= 0.3 is 6.09 Å². The molecule has 1 saturated heterocycles. The molecule has 0 saturated carbocycles. The minimum Gasteiger partial charge on any atom is -0.442 e. The molecule has 2 aromatic rings. The van der Waals surface area contributed by atoms with E-state index < -0.39 is 18.0 Å². The third-order valence-corrected chi connectivity index (χ3v) is 4.41. The van der Waals surface area contributed by atoms with Gasteiger partial charge in [0.15, 0.2) is 0 Å². The van der Waals surface area contributed by atoms with Gasteiger partial charge in [-0.25, -0.2) is 9.18 Å². The van der Waals surface area contributed by atoms with Gasteiger partial charge in [-0.15, -0.1) is 0 Å². The van der Waals surface area contributed by atoms with Crippen LogP contribution in [0, 0.1) is 5.82 Å². The van der Waals surface area contributed by atoms with Crippen LogP contribution < -0.4 is 21.0 Å². The number of hydrogen-bond acceptors (Lipinski definition) is 5. The number of carbonyl (C=O) groups excluding carboxylic acids is 2. The molecule has 1 atom stereocenters. The first-order valence-corrected chi connectivity index (χ1v) is 8.73. The number of benzene rings is 1. The lowest BCUT2D eigenvalue weighted by Gasteiger charge is -2.14. The van der Waals surface area contributed by atoms with Crippen LogP contribution >= 0.6 is 0 Å². The molecular weight excluding hydrogens is 365 g/mol. The normalized spacial score (nSPS) is 15.9. The molecule has 3 rings (SSSR count). The van der Waals surface area contributed by atoms with Gasteiger partial charge in [-0.05, 0) is 35.9 Å².